The average Bonchev–Trinajstić information content (AvgIpc) is 2.18. The van der Waals surface area contributed by atoms with Gasteiger partial charge >= 0.3 is 0 Å². The Labute approximate surface area is 98.8 Å². The maximum Gasteiger partial charge on any atom is 0.168 e. The van der Waals surface area contributed by atoms with Gasteiger partial charge in [0.2, 0.25) is 0 Å². The van der Waals surface area contributed by atoms with Crippen LogP contribution in [0.25, 0.3) is 0 Å². The first-order valence-electron chi connectivity index (χ1n) is 5.81. The highest BCUT2D eigenvalue weighted by Gasteiger charge is 2.20. The second kappa shape index (κ2) is 6.28. The molecule has 1 heterocycles. The first kappa shape index (κ1) is 12.7. The van der Waals surface area contributed by atoms with E-state index >= 15 is 0 Å². The summed E-state index contributed by atoms with van der Waals surface area (Å²) < 4.78 is 0. The van der Waals surface area contributed by atoms with Crippen molar-refractivity contribution in [3.8, 4) is 0 Å². The summed E-state index contributed by atoms with van der Waals surface area (Å²) in [6.07, 6.45) is 2.54. The van der Waals surface area contributed by atoms with E-state index in [0.717, 1.165) is 30.7 Å². The van der Waals surface area contributed by atoms with Crippen LogP contribution in [0.4, 0.5) is 0 Å². The largest absolute Gasteiger partial charge is 0.363 e. The predicted molar refractivity (Wildman–Crippen MR) is 69.1 cm³/mol. The van der Waals surface area contributed by atoms with Gasteiger partial charge in [-0.05, 0) is 52.0 Å². The van der Waals surface area contributed by atoms with Crippen LogP contribution in [0.2, 0.25) is 0 Å². The van der Waals surface area contributed by atoms with Gasteiger partial charge < -0.3 is 15.1 Å². The van der Waals surface area contributed by atoms with Crippen LogP contribution in [-0.4, -0.2) is 55.2 Å². The van der Waals surface area contributed by atoms with E-state index in [4.69, 9.17) is 12.2 Å². The van der Waals surface area contributed by atoms with E-state index in [1.165, 1.54) is 19.4 Å². The molecule has 0 bridgehead atoms. The lowest BCUT2D eigenvalue weighted by molar-refractivity contribution is 0.218. The maximum atomic E-state index is 5.30. The Bertz CT molecular complexity index is 198. The van der Waals surface area contributed by atoms with Gasteiger partial charge in [0.15, 0.2) is 5.11 Å². The van der Waals surface area contributed by atoms with Crippen LogP contribution in [0.5, 0.6) is 0 Å². The average molecular weight is 229 g/mol. The van der Waals surface area contributed by atoms with Gasteiger partial charge in [-0.15, -0.1) is 0 Å². The van der Waals surface area contributed by atoms with Gasteiger partial charge in [0.1, 0.15) is 0 Å². The number of piperidine rings is 1. The van der Waals surface area contributed by atoms with Crippen molar-refractivity contribution in [2.45, 2.75) is 19.8 Å². The van der Waals surface area contributed by atoms with Crippen LogP contribution in [0.3, 0.4) is 0 Å². The van der Waals surface area contributed by atoms with Gasteiger partial charge in [0.05, 0.1) is 0 Å². The monoisotopic (exact) mass is 229 g/mol. The van der Waals surface area contributed by atoms with Gasteiger partial charge in [0, 0.05) is 26.2 Å². The molecule has 1 fully saturated rings. The molecule has 0 amide bonds. The van der Waals surface area contributed by atoms with E-state index < -0.39 is 0 Å². The number of thiocarbonyl (C=S) groups is 1. The van der Waals surface area contributed by atoms with Gasteiger partial charge in [0.25, 0.3) is 0 Å². The first-order chi connectivity index (χ1) is 7.13. The molecule has 88 valence electrons. The van der Waals surface area contributed by atoms with Gasteiger partial charge in [-0.1, -0.05) is 0 Å². The maximum absolute atomic E-state index is 5.30. The second-order valence-corrected chi connectivity index (χ2v) is 4.91. The molecule has 0 unspecified atom stereocenters. The molecule has 1 N–H and O–H groups in total. The molecule has 0 aromatic heterocycles. The fraction of sp³-hybridized carbons (Fsp3) is 0.909. The molecule has 4 heteroatoms. The highest BCUT2D eigenvalue weighted by molar-refractivity contribution is 7.80. The fourth-order valence-corrected chi connectivity index (χ4v) is 2.42. The van der Waals surface area contributed by atoms with E-state index in [1.807, 2.05) is 0 Å². The van der Waals surface area contributed by atoms with Crippen LogP contribution in [0.1, 0.15) is 19.8 Å². The number of nitrogens with one attached hydrogen (secondary N) is 1. The molecule has 1 aliphatic heterocycles. The minimum Gasteiger partial charge on any atom is -0.363 e. The van der Waals surface area contributed by atoms with Crippen LogP contribution in [-0.2, 0) is 0 Å². The zero-order chi connectivity index (χ0) is 11.3. The summed E-state index contributed by atoms with van der Waals surface area (Å²) in [6, 6.07) is 0. The van der Waals surface area contributed by atoms with E-state index in [1.54, 1.807) is 0 Å². The van der Waals surface area contributed by atoms with Gasteiger partial charge in [-0.3, -0.25) is 0 Å². The van der Waals surface area contributed by atoms with Crippen molar-refractivity contribution in [2.24, 2.45) is 5.92 Å². The number of nitrogens with zero attached hydrogens (tertiary/aromatic N) is 2. The lowest BCUT2D eigenvalue weighted by Crippen LogP contribution is -2.45. The van der Waals surface area contributed by atoms with E-state index in [9.17, 15) is 0 Å². The van der Waals surface area contributed by atoms with Crippen molar-refractivity contribution >= 4 is 17.3 Å². The molecule has 1 saturated heterocycles. The quantitative estimate of drug-likeness (QED) is 0.732. The zero-order valence-corrected chi connectivity index (χ0v) is 10.9. The summed E-state index contributed by atoms with van der Waals surface area (Å²) in [5, 5.41) is 4.15. The molecular weight excluding hydrogens is 206 g/mol. The Morgan fingerprint density at radius 2 is 2.00 bits per heavy atom. The standard InChI is InChI=1S/C11H23N3S/c1-4-12-11(15)14-7-5-10(6-8-14)9-13(2)3/h10H,4-9H2,1-3H3,(H,12,15). The number of rotatable bonds is 3. The summed E-state index contributed by atoms with van der Waals surface area (Å²) in [7, 11) is 4.30. The lowest BCUT2D eigenvalue weighted by Gasteiger charge is -2.34. The third-order valence-corrected chi connectivity index (χ3v) is 3.26. The summed E-state index contributed by atoms with van der Waals surface area (Å²) in [5.41, 5.74) is 0. The number of hydrogen-bond acceptors (Lipinski definition) is 2. The molecule has 0 radical (unpaired) electrons. The van der Waals surface area contributed by atoms with Crippen molar-refractivity contribution in [3.05, 3.63) is 0 Å². The lowest BCUT2D eigenvalue weighted by atomic mass is 9.97. The molecule has 3 nitrogen and oxygen atoms in total. The summed E-state index contributed by atoms with van der Waals surface area (Å²) >= 11 is 5.30. The van der Waals surface area contributed by atoms with Crippen molar-refractivity contribution < 1.29 is 0 Å². The molecule has 0 spiro atoms. The molecule has 0 aliphatic carbocycles. The third kappa shape index (κ3) is 4.34. The third-order valence-electron chi connectivity index (χ3n) is 2.85. The topological polar surface area (TPSA) is 18.5 Å². The SMILES string of the molecule is CCNC(=S)N1CCC(CN(C)C)CC1. The Morgan fingerprint density at radius 1 is 1.40 bits per heavy atom. The van der Waals surface area contributed by atoms with Crippen molar-refractivity contribution in [1.82, 2.24) is 15.1 Å². The highest BCUT2D eigenvalue weighted by atomic mass is 32.1. The van der Waals surface area contributed by atoms with E-state index in [2.05, 4.69) is 36.1 Å². The molecule has 0 atom stereocenters. The summed E-state index contributed by atoms with van der Waals surface area (Å²) in [5.74, 6) is 0.848. The predicted octanol–water partition coefficient (Wildman–Crippen LogP) is 1.15. The molecule has 15 heavy (non-hydrogen) atoms. The number of hydrogen-bond donors (Lipinski definition) is 1. The Balaban J connectivity index is 2.26. The first-order valence-corrected chi connectivity index (χ1v) is 6.21. The summed E-state index contributed by atoms with van der Waals surface area (Å²) in [6.45, 7) is 6.46. The second-order valence-electron chi connectivity index (χ2n) is 4.53. The van der Waals surface area contributed by atoms with Crippen molar-refractivity contribution in [3.63, 3.8) is 0 Å². The molecule has 1 aliphatic rings. The molecule has 0 aromatic rings. The molecular formula is C11H23N3S. The number of likely N-dealkylation sites (tertiary alicyclic amines) is 1. The zero-order valence-electron chi connectivity index (χ0n) is 10.1. The van der Waals surface area contributed by atoms with Crippen LogP contribution >= 0.6 is 12.2 Å². The van der Waals surface area contributed by atoms with Gasteiger partial charge in [-0.2, -0.15) is 0 Å². The highest BCUT2D eigenvalue weighted by Crippen LogP contribution is 2.17. The Morgan fingerprint density at radius 3 is 2.47 bits per heavy atom. The van der Waals surface area contributed by atoms with E-state index in [0.29, 0.717) is 0 Å². The van der Waals surface area contributed by atoms with Gasteiger partial charge in [-0.25, -0.2) is 0 Å². The van der Waals surface area contributed by atoms with Crippen molar-refractivity contribution in [1.29, 1.82) is 0 Å². The van der Waals surface area contributed by atoms with E-state index in [-0.39, 0.29) is 0 Å². The normalized spacial score (nSPS) is 18.3. The minimum atomic E-state index is 0.848. The minimum absolute atomic E-state index is 0.848. The summed E-state index contributed by atoms with van der Waals surface area (Å²) in [4.78, 5) is 4.58. The van der Waals surface area contributed by atoms with Crippen molar-refractivity contribution in [2.75, 3.05) is 40.3 Å². The molecule has 0 saturated carbocycles. The fourth-order valence-electron chi connectivity index (χ4n) is 2.10. The molecule has 0 aromatic carbocycles. The smallest absolute Gasteiger partial charge is 0.168 e. The Kier molecular flexibility index (Phi) is 5.32. The van der Waals surface area contributed by atoms with Crippen LogP contribution in [0.15, 0.2) is 0 Å². The van der Waals surface area contributed by atoms with Crippen LogP contribution in [0, 0.1) is 5.92 Å². The van der Waals surface area contributed by atoms with Crippen LogP contribution < -0.4 is 5.32 Å². The molecule has 1 rings (SSSR count). The Hall–Kier alpha value is -0.350.